The summed E-state index contributed by atoms with van der Waals surface area (Å²) in [6.07, 6.45) is 1.46. The zero-order valence-electron chi connectivity index (χ0n) is 17.4. The highest BCUT2D eigenvalue weighted by Crippen LogP contribution is 2.34. The van der Waals surface area contributed by atoms with Gasteiger partial charge < -0.3 is 14.3 Å². The largest absolute Gasteiger partial charge is 0.545 e. The van der Waals surface area contributed by atoms with Gasteiger partial charge >= 0.3 is 0 Å². The number of nitrogens with one attached hydrogen (secondary N) is 1. The summed E-state index contributed by atoms with van der Waals surface area (Å²) in [6, 6.07) is 19.4. The lowest BCUT2D eigenvalue weighted by molar-refractivity contribution is -0.255. The van der Waals surface area contributed by atoms with Crippen molar-refractivity contribution >= 4 is 56.9 Å². The zero-order chi connectivity index (χ0) is 23.7. The Bertz CT molecular complexity index is 1390. The van der Waals surface area contributed by atoms with Crippen LogP contribution in [0.25, 0.3) is 17.4 Å². The van der Waals surface area contributed by atoms with Crippen molar-refractivity contribution in [2.45, 2.75) is 5.75 Å². The monoisotopic (exact) mass is 487 g/mol. The van der Waals surface area contributed by atoms with Gasteiger partial charge in [-0.3, -0.25) is 10.2 Å². The third kappa shape index (κ3) is 4.45. The van der Waals surface area contributed by atoms with E-state index in [2.05, 4.69) is 10.1 Å². The number of rotatable bonds is 5. The number of benzene rings is 2. The molecule has 1 aromatic heterocycles. The van der Waals surface area contributed by atoms with E-state index in [-0.39, 0.29) is 17.0 Å². The fraction of sp³-hybridized carbons (Fsp3) is 0.0417. The lowest BCUT2D eigenvalue weighted by atomic mass is 10.1. The quantitative estimate of drug-likeness (QED) is 0.543. The van der Waals surface area contributed by atoms with E-state index in [0.29, 0.717) is 26.6 Å². The van der Waals surface area contributed by atoms with E-state index in [1.807, 2.05) is 30.3 Å². The van der Waals surface area contributed by atoms with Gasteiger partial charge in [0.1, 0.15) is 11.5 Å². The molecule has 5 rings (SSSR count). The molecular formula is C24H15N4O4S2-. The standard InChI is InChI=1S/C24H16N4O4S2/c25-20-18(12-17-10-11-19(32-17)15-6-8-16(9-7-15)22(30)31)21(29)26-23-28(20)27-24(34-23)33-13-14-4-2-1-3-5-14/h1-12,25H,13H2,(H,30,31)/p-1/b18-12-,25-20?. The Morgan fingerprint density at radius 3 is 2.62 bits per heavy atom. The van der Waals surface area contributed by atoms with Crippen LogP contribution in [0.3, 0.4) is 0 Å². The number of furan rings is 1. The van der Waals surface area contributed by atoms with Gasteiger partial charge in [0.15, 0.2) is 10.2 Å². The average molecular weight is 488 g/mol. The van der Waals surface area contributed by atoms with Gasteiger partial charge in [0.2, 0.25) is 5.17 Å². The first kappa shape index (κ1) is 21.9. The topological polar surface area (TPSA) is 122 Å². The SMILES string of the molecule is N=C1/C(=C/c2ccc(-c3ccc(C(=O)[O-])cc3)o2)C(=O)N=C2SC(SCc3ccccc3)=NN12. The van der Waals surface area contributed by atoms with Crippen LogP contribution in [0, 0.1) is 5.41 Å². The molecule has 0 radical (unpaired) electrons. The third-order valence-corrected chi connectivity index (χ3v) is 7.07. The number of carbonyl (C=O) groups is 2. The van der Waals surface area contributed by atoms with Crippen LogP contribution in [0.4, 0.5) is 0 Å². The molecule has 3 aromatic rings. The molecule has 0 unspecified atom stereocenters. The van der Waals surface area contributed by atoms with Gasteiger partial charge in [-0.1, -0.05) is 66.4 Å². The van der Waals surface area contributed by atoms with Gasteiger partial charge in [-0.05, 0) is 41.1 Å². The second-order valence-corrected chi connectivity index (χ2v) is 9.41. The van der Waals surface area contributed by atoms with Crippen LogP contribution < -0.4 is 5.11 Å². The van der Waals surface area contributed by atoms with Crippen molar-refractivity contribution in [1.82, 2.24) is 5.01 Å². The van der Waals surface area contributed by atoms with Crippen molar-refractivity contribution in [3.05, 3.63) is 89.2 Å². The van der Waals surface area contributed by atoms with E-state index in [9.17, 15) is 14.7 Å². The molecule has 10 heteroatoms. The number of aromatic carboxylic acids is 1. The molecule has 1 amide bonds. The molecule has 34 heavy (non-hydrogen) atoms. The summed E-state index contributed by atoms with van der Waals surface area (Å²) < 4.78 is 6.50. The highest BCUT2D eigenvalue weighted by Gasteiger charge is 2.36. The molecule has 168 valence electrons. The van der Waals surface area contributed by atoms with E-state index in [4.69, 9.17) is 9.83 Å². The number of amidine groups is 2. The van der Waals surface area contributed by atoms with Crippen molar-refractivity contribution in [3.63, 3.8) is 0 Å². The maximum Gasteiger partial charge on any atom is 0.283 e. The predicted octanol–water partition coefficient (Wildman–Crippen LogP) is 3.82. The fourth-order valence-corrected chi connectivity index (χ4v) is 5.13. The Labute approximate surface area is 202 Å². The smallest absolute Gasteiger partial charge is 0.283 e. The number of carbonyl (C=O) groups excluding carboxylic acids is 2. The highest BCUT2D eigenvalue weighted by molar-refractivity contribution is 8.45. The molecule has 0 aliphatic carbocycles. The first-order valence-corrected chi connectivity index (χ1v) is 11.9. The minimum Gasteiger partial charge on any atom is -0.545 e. The Kier molecular flexibility index (Phi) is 5.91. The highest BCUT2D eigenvalue weighted by atomic mass is 32.2. The number of fused-ring (bicyclic) bond motifs is 1. The summed E-state index contributed by atoms with van der Waals surface area (Å²) in [7, 11) is 0. The number of thioether (sulfide) groups is 2. The van der Waals surface area contributed by atoms with Crippen LogP contribution in [0.2, 0.25) is 0 Å². The molecule has 2 aromatic carbocycles. The molecule has 1 N–H and O–H groups in total. The number of hydrogen-bond donors (Lipinski definition) is 1. The summed E-state index contributed by atoms with van der Waals surface area (Å²) >= 11 is 2.78. The second-order valence-electron chi connectivity index (χ2n) is 7.23. The normalized spacial score (nSPS) is 16.5. The Morgan fingerprint density at radius 2 is 1.88 bits per heavy atom. The van der Waals surface area contributed by atoms with E-state index in [1.165, 1.54) is 46.7 Å². The number of nitrogens with zero attached hydrogens (tertiary/aromatic N) is 3. The molecule has 3 heterocycles. The van der Waals surface area contributed by atoms with E-state index >= 15 is 0 Å². The fourth-order valence-electron chi connectivity index (χ4n) is 3.25. The number of carboxylic acids is 1. The van der Waals surface area contributed by atoms with Crippen LogP contribution >= 0.6 is 23.5 Å². The van der Waals surface area contributed by atoms with Gasteiger partial charge in [0.05, 0.1) is 11.5 Å². The summed E-state index contributed by atoms with van der Waals surface area (Å²) in [5.74, 6) is -0.296. The summed E-state index contributed by atoms with van der Waals surface area (Å²) in [6.45, 7) is 0. The van der Waals surface area contributed by atoms with Crippen molar-refractivity contribution in [3.8, 4) is 11.3 Å². The first-order valence-electron chi connectivity index (χ1n) is 10.1. The van der Waals surface area contributed by atoms with E-state index in [1.54, 1.807) is 24.3 Å². The molecule has 0 saturated heterocycles. The van der Waals surface area contributed by atoms with Crippen molar-refractivity contribution in [2.75, 3.05) is 0 Å². The number of hydrogen-bond acceptors (Lipinski definition) is 8. The van der Waals surface area contributed by atoms with Gasteiger partial charge in [0, 0.05) is 11.3 Å². The van der Waals surface area contributed by atoms with Crippen LogP contribution in [0.1, 0.15) is 21.7 Å². The van der Waals surface area contributed by atoms with Crippen LogP contribution in [0.5, 0.6) is 0 Å². The van der Waals surface area contributed by atoms with Crippen LogP contribution in [-0.4, -0.2) is 32.3 Å². The van der Waals surface area contributed by atoms with Crippen LogP contribution in [0.15, 0.2) is 86.8 Å². The van der Waals surface area contributed by atoms with Crippen molar-refractivity contribution < 1.29 is 19.1 Å². The van der Waals surface area contributed by atoms with Gasteiger partial charge in [0.25, 0.3) is 5.91 Å². The number of aliphatic imine (C=N–C) groups is 1. The molecule has 0 fully saturated rings. The number of hydrazone groups is 1. The van der Waals surface area contributed by atoms with Crippen molar-refractivity contribution in [2.24, 2.45) is 10.1 Å². The Balaban J connectivity index is 1.33. The zero-order valence-corrected chi connectivity index (χ0v) is 19.1. The molecule has 0 bridgehead atoms. The molecule has 8 nitrogen and oxygen atoms in total. The Morgan fingerprint density at radius 1 is 1.12 bits per heavy atom. The molecule has 2 aliphatic heterocycles. The minimum atomic E-state index is -1.25. The number of amides is 1. The number of carboxylic acid groups (broad SMARTS) is 1. The first-order chi connectivity index (χ1) is 16.5. The van der Waals surface area contributed by atoms with Crippen LogP contribution in [-0.2, 0) is 10.5 Å². The maximum absolute atomic E-state index is 12.6. The van der Waals surface area contributed by atoms with E-state index < -0.39 is 11.9 Å². The van der Waals surface area contributed by atoms with E-state index in [0.717, 1.165) is 11.3 Å². The average Bonchev–Trinajstić information content (AvgIpc) is 3.48. The molecule has 0 atom stereocenters. The predicted molar refractivity (Wildman–Crippen MR) is 131 cm³/mol. The molecule has 2 aliphatic rings. The minimum absolute atomic E-state index is 0.0654. The molecule has 0 spiro atoms. The third-order valence-electron chi connectivity index (χ3n) is 4.96. The summed E-state index contributed by atoms with van der Waals surface area (Å²) in [5.41, 5.74) is 1.95. The van der Waals surface area contributed by atoms with Gasteiger partial charge in [-0.15, -0.1) is 5.10 Å². The van der Waals surface area contributed by atoms with Gasteiger partial charge in [-0.2, -0.15) is 10.0 Å². The van der Waals surface area contributed by atoms with Gasteiger partial charge in [-0.25, -0.2) is 0 Å². The summed E-state index contributed by atoms with van der Waals surface area (Å²) in [5, 5.41) is 25.6. The lowest BCUT2D eigenvalue weighted by Crippen LogP contribution is -2.35. The maximum atomic E-state index is 12.6. The second kappa shape index (κ2) is 9.16. The van der Waals surface area contributed by atoms with Crippen molar-refractivity contribution in [1.29, 1.82) is 5.41 Å². The molecular weight excluding hydrogens is 472 g/mol. The molecule has 0 saturated carbocycles. The Hall–Kier alpha value is -3.89. The lowest BCUT2D eigenvalue weighted by Gasteiger charge is -2.19. The summed E-state index contributed by atoms with van der Waals surface area (Å²) in [4.78, 5) is 27.6.